The molecule has 0 aliphatic rings. The average Bonchev–Trinajstić information content (AvgIpc) is 2.60. The van der Waals surface area contributed by atoms with Gasteiger partial charge >= 0.3 is 6.09 Å². The Morgan fingerprint density at radius 1 is 1.61 bits per heavy atom. The summed E-state index contributed by atoms with van der Waals surface area (Å²) in [5.41, 5.74) is 5.16. The van der Waals surface area contributed by atoms with Crippen molar-refractivity contribution in [1.29, 1.82) is 0 Å². The summed E-state index contributed by atoms with van der Waals surface area (Å²) < 4.78 is 5.20. The number of alkyl carbamates (subject to hydrolysis) is 1. The van der Waals surface area contributed by atoms with Crippen LogP contribution >= 0.6 is 11.3 Å². The van der Waals surface area contributed by atoms with Crippen molar-refractivity contribution in [2.24, 2.45) is 5.73 Å². The maximum atomic E-state index is 11.6. The molecule has 0 bridgehead atoms. The molecule has 1 aromatic rings. The zero-order valence-electron chi connectivity index (χ0n) is 11.3. The van der Waals surface area contributed by atoms with Gasteiger partial charge in [-0.05, 0) is 27.7 Å². The van der Waals surface area contributed by atoms with E-state index in [-0.39, 0.29) is 6.04 Å². The number of carbonyl (C=O) groups is 1. The molecule has 1 amide bonds. The first kappa shape index (κ1) is 14.9. The number of nitrogens with one attached hydrogen (secondary N) is 1. The number of ether oxygens (including phenoxy) is 1. The summed E-state index contributed by atoms with van der Waals surface area (Å²) in [5, 5.41) is 3.79. The third-order valence-corrected chi connectivity index (χ3v) is 3.06. The van der Waals surface area contributed by atoms with E-state index in [2.05, 4.69) is 10.3 Å². The van der Waals surface area contributed by atoms with E-state index in [1.165, 1.54) is 0 Å². The molecular formula is C12H21N3O2S. The normalized spacial score (nSPS) is 13.2. The fourth-order valence-electron chi connectivity index (χ4n) is 1.41. The lowest BCUT2D eigenvalue weighted by Gasteiger charge is -2.22. The summed E-state index contributed by atoms with van der Waals surface area (Å²) in [4.78, 5) is 16.9. The van der Waals surface area contributed by atoms with Gasteiger partial charge in [-0.3, -0.25) is 0 Å². The van der Waals surface area contributed by atoms with Gasteiger partial charge in [0.2, 0.25) is 0 Å². The van der Waals surface area contributed by atoms with E-state index in [9.17, 15) is 4.79 Å². The van der Waals surface area contributed by atoms with Crippen molar-refractivity contribution < 1.29 is 9.53 Å². The first-order chi connectivity index (χ1) is 8.30. The first-order valence-corrected chi connectivity index (χ1v) is 6.72. The molecule has 1 unspecified atom stereocenters. The van der Waals surface area contributed by atoms with Crippen LogP contribution in [0.5, 0.6) is 0 Å². The van der Waals surface area contributed by atoms with Gasteiger partial charge in [0.05, 0.1) is 5.01 Å². The van der Waals surface area contributed by atoms with Crippen LogP contribution < -0.4 is 11.1 Å². The third kappa shape index (κ3) is 5.46. The zero-order valence-corrected chi connectivity index (χ0v) is 12.1. The number of thiazole rings is 1. The summed E-state index contributed by atoms with van der Waals surface area (Å²) in [7, 11) is 0. The van der Waals surface area contributed by atoms with Crippen molar-refractivity contribution in [2.75, 3.05) is 6.54 Å². The molecule has 0 radical (unpaired) electrons. The predicted molar refractivity (Wildman–Crippen MR) is 72.8 cm³/mol. The molecule has 0 aliphatic carbocycles. The van der Waals surface area contributed by atoms with Gasteiger partial charge in [-0.15, -0.1) is 11.3 Å². The minimum absolute atomic E-state index is 0.125. The maximum Gasteiger partial charge on any atom is 0.407 e. The number of aryl methyl sites for hydroxylation is 1. The van der Waals surface area contributed by atoms with Gasteiger partial charge in [-0.2, -0.15) is 0 Å². The molecule has 18 heavy (non-hydrogen) atoms. The van der Waals surface area contributed by atoms with E-state index in [1.54, 1.807) is 11.3 Å². The van der Waals surface area contributed by atoms with Crippen LogP contribution in [0, 0.1) is 6.92 Å². The van der Waals surface area contributed by atoms with Gasteiger partial charge in [0.25, 0.3) is 0 Å². The van der Waals surface area contributed by atoms with Gasteiger partial charge in [0.1, 0.15) is 5.60 Å². The van der Waals surface area contributed by atoms with Crippen molar-refractivity contribution >= 4 is 17.4 Å². The van der Waals surface area contributed by atoms with Crippen LogP contribution in [-0.4, -0.2) is 29.3 Å². The Kier molecular flexibility index (Phi) is 5.10. The number of nitrogens with two attached hydrogens (primary N) is 1. The number of carbonyl (C=O) groups excluding carboxylic acids is 1. The summed E-state index contributed by atoms with van der Waals surface area (Å²) in [5.74, 6) is 0. The molecule has 0 aliphatic heterocycles. The van der Waals surface area contributed by atoms with Gasteiger partial charge in [-0.25, -0.2) is 9.78 Å². The van der Waals surface area contributed by atoms with Crippen LogP contribution in [0.25, 0.3) is 0 Å². The van der Waals surface area contributed by atoms with Gasteiger partial charge in [-0.1, -0.05) is 0 Å². The lowest BCUT2D eigenvalue weighted by Crippen LogP contribution is -2.44. The van der Waals surface area contributed by atoms with Crippen molar-refractivity contribution in [3.05, 3.63) is 16.1 Å². The van der Waals surface area contributed by atoms with E-state index in [0.29, 0.717) is 13.0 Å². The molecule has 1 aromatic heterocycles. The van der Waals surface area contributed by atoms with Crippen molar-refractivity contribution in [2.45, 2.75) is 45.8 Å². The zero-order chi connectivity index (χ0) is 13.8. The number of amides is 1. The quantitative estimate of drug-likeness (QED) is 0.876. The molecule has 0 aromatic carbocycles. The Hall–Kier alpha value is -1.14. The van der Waals surface area contributed by atoms with E-state index < -0.39 is 11.7 Å². The fraction of sp³-hybridized carbons (Fsp3) is 0.667. The highest BCUT2D eigenvalue weighted by Gasteiger charge is 2.19. The van der Waals surface area contributed by atoms with Gasteiger partial charge in [0.15, 0.2) is 0 Å². The Morgan fingerprint density at radius 2 is 2.28 bits per heavy atom. The van der Waals surface area contributed by atoms with Crippen molar-refractivity contribution in [3.8, 4) is 0 Å². The topological polar surface area (TPSA) is 77.2 Å². The fourth-order valence-corrected chi connectivity index (χ4v) is 2.28. The summed E-state index contributed by atoms with van der Waals surface area (Å²) in [6, 6.07) is -0.125. The molecule has 0 spiro atoms. The Morgan fingerprint density at radius 3 is 2.72 bits per heavy atom. The molecule has 1 heterocycles. The largest absolute Gasteiger partial charge is 0.444 e. The molecule has 1 atom stereocenters. The second-order valence-corrected chi connectivity index (χ2v) is 6.45. The van der Waals surface area contributed by atoms with Gasteiger partial charge in [0, 0.05) is 30.1 Å². The van der Waals surface area contributed by atoms with Crippen LogP contribution in [-0.2, 0) is 11.2 Å². The number of nitrogens with zero attached hydrogens (tertiary/aromatic N) is 1. The Labute approximate surface area is 112 Å². The first-order valence-electron chi connectivity index (χ1n) is 5.91. The summed E-state index contributed by atoms with van der Waals surface area (Å²) in [6.45, 7) is 7.81. The summed E-state index contributed by atoms with van der Waals surface area (Å²) >= 11 is 1.61. The molecular weight excluding hydrogens is 250 g/mol. The SMILES string of the molecule is Cc1ncc(CC(CN)NC(=O)OC(C)(C)C)s1. The second kappa shape index (κ2) is 6.15. The highest BCUT2D eigenvalue weighted by atomic mass is 32.1. The number of hydrogen-bond donors (Lipinski definition) is 2. The van der Waals surface area contributed by atoms with E-state index >= 15 is 0 Å². The average molecular weight is 271 g/mol. The minimum Gasteiger partial charge on any atom is -0.444 e. The predicted octanol–water partition coefficient (Wildman–Crippen LogP) is 1.85. The lowest BCUT2D eigenvalue weighted by molar-refractivity contribution is 0.0506. The summed E-state index contributed by atoms with van der Waals surface area (Å²) in [6.07, 6.45) is 2.07. The second-order valence-electron chi connectivity index (χ2n) is 5.13. The van der Waals surface area contributed by atoms with E-state index in [4.69, 9.17) is 10.5 Å². The molecule has 6 heteroatoms. The van der Waals surface area contributed by atoms with Crippen molar-refractivity contribution in [3.63, 3.8) is 0 Å². The molecule has 0 saturated heterocycles. The van der Waals surface area contributed by atoms with E-state index in [1.807, 2.05) is 33.9 Å². The molecule has 0 saturated carbocycles. The molecule has 1 rings (SSSR count). The molecule has 5 nitrogen and oxygen atoms in total. The highest BCUT2D eigenvalue weighted by molar-refractivity contribution is 7.11. The standard InChI is InChI=1S/C12H21N3O2S/c1-8-14-7-10(18-8)5-9(6-13)15-11(16)17-12(2,3)4/h7,9H,5-6,13H2,1-4H3,(H,15,16). The van der Waals surface area contributed by atoms with Crippen LogP contribution in [0.4, 0.5) is 4.79 Å². The molecule has 102 valence electrons. The molecule has 0 fully saturated rings. The maximum absolute atomic E-state index is 11.6. The smallest absolute Gasteiger partial charge is 0.407 e. The number of rotatable bonds is 4. The van der Waals surface area contributed by atoms with Crippen molar-refractivity contribution in [1.82, 2.24) is 10.3 Å². The van der Waals surface area contributed by atoms with E-state index in [0.717, 1.165) is 9.88 Å². The lowest BCUT2D eigenvalue weighted by atomic mass is 10.2. The highest BCUT2D eigenvalue weighted by Crippen LogP contribution is 2.14. The minimum atomic E-state index is -0.496. The van der Waals surface area contributed by atoms with Crippen LogP contribution in [0.3, 0.4) is 0 Å². The molecule has 3 N–H and O–H groups in total. The van der Waals surface area contributed by atoms with Crippen LogP contribution in [0.15, 0.2) is 6.20 Å². The van der Waals surface area contributed by atoms with Crippen LogP contribution in [0.2, 0.25) is 0 Å². The van der Waals surface area contributed by atoms with Crippen LogP contribution in [0.1, 0.15) is 30.7 Å². The number of hydrogen-bond acceptors (Lipinski definition) is 5. The number of aromatic nitrogens is 1. The third-order valence-electron chi connectivity index (χ3n) is 2.12. The monoisotopic (exact) mass is 271 g/mol. The Balaban J connectivity index is 2.49. The van der Waals surface area contributed by atoms with Gasteiger partial charge < -0.3 is 15.8 Å². The Bertz CT molecular complexity index is 398.